The average molecular weight is 264 g/mol. The molecule has 0 aromatic rings. The molecule has 4 nitrogen and oxygen atoms in total. The molecule has 0 saturated carbocycles. The van der Waals surface area contributed by atoms with Crippen molar-refractivity contribution in [2.45, 2.75) is 64.1 Å². The zero-order valence-electron chi connectivity index (χ0n) is 11.9. The molecule has 3 unspecified atom stereocenters. The maximum absolute atomic E-state index is 12.7. The largest absolute Gasteiger partial charge is 0.338 e. The van der Waals surface area contributed by atoms with Gasteiger partial charge in [-0.1, -0.05) is 13.3 Å². The van der Waals surface area contributed by atoms with Crippen molar-refractivity contribution in [3.05, 3.63) is 0 Å². The maximum Gasteiger partial charge on any atom is 0.222 e. The Balaban J connectivity index is 1.89. The van der Waals surface area contributed by atoms with E-state index in [0.29, 0.717) is 18.7 Å². The normalized spacial score (nSPS) is 42.2. The van der Waals surface area contributed by atoms with Gasteiger partial charge in [-0.3, -0.25) is 9.59 Å². The Morgan fingerprint density at radius 1 is 1.37 bits per heavy atom. The van der Waals surface area contributed by atoms with Crippen molar-refractivity contribution in [1.29, 1.82) is 0 Å². The highest BCUT2D eigenvalue weighted by Crippen LogP contribution is 2.38. The molecule has 4 heteroatoms. The van der Waals surface area contributed by atoms with Crippen LogP contribution in [0, 0.1) is 11.8 Å². The summed E-state index contributed by atoms with van der Waals surface area (Å²) in [4.78, 5) is 26.8. The van der Waals surface area contributed by atoms with Crippen molar-refractivity contribution >= 4 is 11.7 Å². The summed E-state index contributed by atoms with van der Waals surface area (Å²) in [6.45, 7) is 4.92. The summed E-state index contributed by atoms with van der Waals surface area (Å²) >= 11 is 0. The van der Waals surface area contributed by atoms with Crippen LogP contribution in [-0.2, 0) is 9.59 Å². The molecule has 2 bridgehead atoms. The summed E-state index contributed by atoms with van der Waals surface area (Å²) in [6.07, 6.45) is 4.72. The second-order valence-corrected chi connectivity index (χ2v) is 6.39. The minimum atomic E-state index is 0.0242. The molecular weight excluding hydrogens is 240 g/mol. The summed E-state index contributed by atoms with van der Waals surface area (Å²) in [5, 5.41) is 3.64. The van der Waals surface area contributed by atoms with E-state index in [0.717, 1.165) is 25.7 Å². The molecule has 1 N–H and O–H groups in total. The monoisotopic (exact) mass is 264 g/mol. The molecular formula is C15H24N2O2. The van der Waals surface area contributed by atoms with Crippen LogP contribution in [0.25, 0.3) is 0 Å². The topological polar surface area (TPSA) is 49.4 Å². The van der Waals surface area contributed by atoms with E-state index in [1.54, 1.807) is 0 Å². The first-order valence-corrected chi connectivity index (χ1v) is 7.72. The number of nitrogens with zero attached hydrogens (tertiary/aromatic N) is 1. The Morgan fingerprint density at radius 2 is 2.16 bits per heavy atom. The van der Waals surface area contributed by atoms with Crippen LogP contribution in [0.3, 0.4) is 0 Å². The van der Waals surface area contributed by atoms with Crippen LogP contribution in [0.4, 0.5) is 0 Å². The van der Waals surface area contributed by atoms with Gasteiger partial charge in [0.2, 0.25) is 5.91 Å². The zero-order chi connectivity index (χ0) is 13.6. The maximum atomic E-state index is 12.7. The van der Waals surface area contributed by atoms with Gasteiger partial charge >= 0.3 is 0 Å². The third-order valence-corrected chi connectivity index (χ3v) is 5.21. The van der Waals surface area contributed by atoms with E-state index in [1.165, 1.54) is 0 Å². The van der Waals surface area contributed by atoms with E-state index in [4.69, 9.17) is 0 Å². The lowest BCUT2D eigenvalue weighted by atomic mass is 9.69. The molecule has 3 saturated heterocycles. The van der Waals surface area contributed by atoms with E-state index in [9.17, 15) is 9.59 Å². The molecule has 5 atom stereocenters. The highest BCUT2D eigenvalue weighted by molar-refractivity contribution is 5.90. The van der Waals surface area contributed by atoms with Crippen molar-refractivity contribution in [3.8, 4) is 0 Å². The lowest BCUT2D eigenvalue weighted by Crippen LogP contribution is -2.69. The Bertz CT molecular complexity index is 396. The molecule has 3 rings (SSSR count). The second kappa shape index (κ2) is 4.89. The summed E-state index contributed by atoms with van der Waals surface area (Å²) in [7, 11) is 0. The van der Waals surface area contributed by atoms with Gasteiger partial charge in [-0.05, 0) is 26.2 Å². The van der Waals surface area contributed by atoms with Gasteiger partial charge in [0.05, 0.1) is 11.8 Å². The van der Waals surface area contributed by atoms with Crippen molar-refractivity contribution in [2.24, 2.45) is 11.8 Å². The number of Topliss-reactive ketones (excluding diaryl/α,β-unsaturated/α-hetero) is 1. The number of ketones is 1. The number of carbonyl (C=O) groups excluding carboxylic acids is 2. The standard InChI is InChI=1S/C15H24N2O2/c1-3-5-11-10-8-17-12(6-4-7-13(17)18)14(15(10)19)9(2)16-11/h9-12,14,16H,3-8H2,1-2H3/t9?,10-,11?,12?,14-/m1/s1. The summed E-state index contributed by atoms with van der Waals surface area (Å²) in [5.41, 5.74) is 0. The minimum absolute atomic E-state index is 0.0242. The van der Waals surface area contributed by atoms with E-state index in [-0.39, 0.29) is 35.9 Å². The third kappa shape index (κ3) is 2.00. The summed E-state index contributed by atoms with van der Waals surface area (Å²) in [6, 6.07) is 0.633. The number of carbonyl (C=O) groups is 2. The molecule has 0 aromatic heterocycles. The van der Waals surface area contributed by atoms with Gasteiger partial charge in [-0.25, -0.2) is 0 Å². The van der Waals surface area contributed by atoms with Crippen LogP contribution in [0.15, 0.2) is 0 Å². The molecule has 3 heterocycles. The number of piperidine rings is 3. The van der Waals surface area contributed by atoms with Crippen LogP contribution in [0.1, 0.15) is 46.0 Å². The third-order valence-electron chi connectivity index (χ3n) is 5.21. The van der Waals surface area contributed by atoms with Crippen LogP contribution >= 0.6 is 0 Å². The van der Waals surface area contributed by atoms with Gasteiger partial charge in [0.25, 0.3) is 0 Å². The SMILES string of the molecule is CCCC1NC(C)[C@H]2C(=O)[C@@H]1CN1C(=O)CCCC21. The first-order chi connectivity index (χ1) is 9.13. The first-order valence-electron chi connectivity index (χ1n) is 7.72. The van der Waals surface area contributed by atoms with E-state index in [2.05, 4.69) is 19.2 Å². The average Bonchev–Trinajstić information content (AvgIpc) is 2.36. The minimum Gasteiger partial charge on any atom is -0.338 e. The van der Waals surface area contributed by atoms with Gasteiger partial charge in [0.1, 0.15) is 5.78 Å². The van der Waals surface area contributed by atoms with Crippen LogP contribution < -0.4 is 5.32 Å². The smallest absolute Gasteiger partial charge is 0.222 e. The van der Waals surface area contributed by atoms with Crippen LogP contribution in [-0.4, -0.2) is 41.3 Å². The number of nitrogens with one attached hydrogen (secondary N) is 1. The molecule has 0 aliphatic carbocycles. The molecule has 19 heavy (non-hydrogen) atoms. The number of hydrogen-bond acceptors (Lipinski definition) is 3. The van der Waals surface area contributed by atoms with Crippen LogP contribution in [0.5, 0.6) is 0 Å². The summed E-state index contributed by atoms with van der Waals surface area (Å²) in [5.74, 6) is 0.735. The highest BCUT2D eigenvalue weighted by atomic mass is 16.2. The van der Waals surface area contributed by atoms with Crippen LogP contribution in [0.2, 0.25) is 0 Å². The van der Waals surface area contributed by atoms with Gasteiger partial charge < -0.3 is 10.2 Å². The van der Waals surface area contributed by atoms with Crippen molar-refractivity contribution < 1.29 is 9.59 Å². The van der Waals surface area contributed by atoms with Crippen molar-refractivity contribution in [1.82, 2.24) is 10.2 Å². The quantitative estimate of drug-likeness (QED) is 0.819. The van der Waals surface area contributed by atoms with Gasteiger partial charge in [0, 0.05) is 31.1 Å². The fourth-order valence-corrected chi connectivity index (χ4v) is 4.35. The van der Waals surface area contributed by atoms with Gasteiger partial charge in [-0.15, -0.1) is 0 Å². The van der Waals surface area contributed by atoms with E-state index < -0.39 is 0 Å². The molecule has 0 aromatic carbocycles. The number of amides is 1. The molecule has 3 aliphatic heterocycles. The lowest BCUT2D eigenvalue weighted by molar-refractivity contribution is -0.154. The predicted molar refractivity (Wildman–Crippen MR) is 72.6 cm³/mol. The summed E-state index contributed by atoms with van der Waals surface area (Å²) < 4.78 is 0. The number of hydrogen-bond donors (Lipinski definition) is 1. The molecule has 3 aliphatic rings. The van der Waals surface area contributed by atoms with Gasteiger partial charge in [0.15, 0.2) is 0 Å². The predicted octanol–water partition coefficient (Wildman–Crippen LogP) is 1.34. The Hall–Kier alpha value is -0.900. The molecule has 3 fully saturated rings. The molecule has 0 radical (unpaired) electrons. The lowest BCUT2D eigenvalue weighted by Gasteiger charge is -2.53. The number of rotatable bonds is 2. The fraction of sp³-hybridized carbons (Fsp3) is 0.867. The molecule has 106 valence electrons. The number of fused-ring (bicyclic) bond motifs is 4. The second-order valence-electron chi connectivity index (χ2n) is 6.39. The van der Waals surface area contributed by atoms with E-state index in [1.807, 2.05) is 4.90 Å². The fourth-order valence-electron chi connectivity index (χ4n) is 4.35. The Morgan fingerprint density at radius 3 is 2.89 bits per heavy atom. The molecule has 0 spiro atoms. The Labute approximate surface area is 114 Å². The Kier molecular flexibility index (Phi) is 3.37. The molecule has 1 amide bonds. The highest BCUT2D eigenvalue weighted by Gasteiger charge is 2.52. The van der Waals surface area contributed by atoms with Crippen molar-refractivity contribution in [3.63, 3.8) is 0 Å². The first kappa shape index (κ1) is 13.1. The zero-order valence-corrected chi connectivity index (χ0v) is 11.9. The van der Waals surface area contributed by atoms with Gasteiger partial charge in [-0.2, -0.15) is 0 Å². The van der Waals surface area contributed by atoms with E-state index >= 15 is 0 Å². The van der Waals surface area contributed by atoms with Crippen molar-refractivity contribution in [2.75, 3.05) is 6.54 Å².